The predicted octanol–water partition coefficient (Wildman–Crippen LogP) is 2.01. The van der Waals surface area contributed by atoms with Gasteiger partial charge in [-0.15, -0.1) is 0 Å². The molecule has 2 N–H and O–H groups in total. The molecule has 0 aromatic rings. The van der Waals surface area contributed by atoms with Gasteiger partial charge in [0.15, 0.2) is 0 Å². The van der Waals surface area contributed by atoms with Crippen LogP contribution in [0.5, 0.6) is 0 Å². The highest BCUT2D eigenvalue weighted by Gasteiger charge is 2.31. The Bertz CT molecular complexity index is 238. The lowest BCUT2D eigenvalue weighted by atomic mass is 9.83. The van der Waals surface area contributed by atoms with Gasteiger partial charge in [0.1, 0.15) is 0 Å². The SMILES string of the molecule is CCCC(CN)C(=O)N1CCCC(C)(C)C1. The van der Waals surface area contributed by atoms with Crippen LogP contribution in [0.4, 0.5) is 0 Å². The Balaban J connectivity index is 2.58. The zero-order valence-electron chi connectivity index (χ0n) is 11.0. The van der Waals surface area contributed by atoms with Gasteiger partial charge in [-0.2, -0.15) is 0 Å². The first-order chi connectivity index (χ1) is 7.50. The molecule has 1 amide bonds. The van der Waals surface area contributed by atoms with Crippen LogP contribution in [0, 0.1) is 11.3 Å². The molecule has 3 nitrogen and oxygen atoms in total. The van der Waals surface area contributed by atoms with E-state index in [4.69, 9.17) is 5.73 Å². The normalized spacial score (nSPS) is 21.9. The van der Waals surface area contributed by atoms with Gasteiger partial charge in [-0.25, -0.2) is 0 Å². The molecule has 1 saturated heterocycles. The Hall–Kier alpha value is -0.570. The van der Waals surface area contributed by atoms with E-state index in [1.165, 1.54) is 6.42 Å². The third-order valence-corrected chi connectivity index (χ3v) is 3.48. The maximum Gasteiger partial charge on any atom is 0.226 e. The zero-order chi connectivity index (χ0) is 12.2. The van der Waals surface area contributed by atoms with Crippen LogP contribution in [0.2, 0.25) is 0 Å². The van der Waals surface area contributed by atoms with Crippen molar-refractivity contribution >= 4 is 5.91 Å². The predicted molar refractivity (Wildman–Crippen MR) is 67.0 cm³/mol. The van der Waals surface area contributed by atoms with Crippen LogP contribution in [-0.4, -0.2) is 30.4 Å². The third kappa shape index (κ3) is 3.48. The van der Waals surface area contributed by atoms with Crippen molar-refractivity contribution in [1.29, 1.82) is 0 Å². The van der Waals surface area contributed by atoms with Crippen molar-refractivity contribution in [3.05, 3.63) is 0 Å². The fourth-order valence-corrected chi connectivity index (χ4v) is 2.56. The average Bonchev–Trinajstić information content (AvgIpc) is 2.23. The van der Waals surface area contributed by atoms with Crippen molar-refractivity contribution in [1.82, 2.24) is 4.90 Å². The Morgan fingerprint density at radius 2 is 2.19 bits per heavy atom. The monoisotopic (exact) mass is 226 g/mol. The van der Waals surface area contributed by atoms with E-state index in [1.807, 2.05) is 4.90 Å². The summed E-state index contributed by atoms with van der Waals surface area (Å²) in [5.74, 6) is 0.316. The number of likely N-dealkylation sites (tertiary alicyclic amines) is 1. The number of piperidine rings is 1. The molecule has 1 atom stereocenters. The van der Waals surface area contributed by atoms with Crippen LogP contribution in [0.25, 0.3) is 0 Å². The highest BCUT2D eigenvalue weighted by atomic mass is 16.2. The molecule has 1 aliphatic rings. The summed E-state index contributed by atoms with van der Waals surface area (Å²) in [5, 5.41) is 0. The van der Waals surface area contributed by atoms with Crippen LogP contribution in [0.15, 0.2) is 0 Å². The Morgan fingerprint density at radius 3 is 2.69 bits per heavy atom. The fourth-order valence-electron chi connectivity index (χ4n) is 2.56. The van der Waals surface area contributed by atoms with Crippen molar-refractivity contribution < 1.29 is 4.79 Å². The van der Waals surface area contributed by atoms with E-state index < -0.39 is 0 Å². The van der Waals surface area contributed by atoms with Crippen molar-refractivity contribution in [2.24, 2.45) is 17.1 Å². The Kier molecular flexibility index (Phi) is 4.78. The van der Waals surface area contributed by atoms with Gasteiger partial charge in [0.2, 0.25) is 5.91 Å². The molecule has 16 heavy (non-hydrogen) atoms. The molecule has 0 bridgehead atoms. The minimum atomic E-state index is 0.0406. The van der Waals surface area contributed by atoms with Gasteiger partial charge in [0.05, 0.1) is 5.92 Å². The number of carbonyl (C=O) groups excluding carboxylic acids is 1. The molecule has 3 heteroatoms. The molecule has 0 radical (unpaired) electrons. The molecule has 0 aromatic carbocycles. The van der Waals surface area contributed by atoms with Crippen LogP contribution in [-0.2, 0) is 4.79 Å². The second-order valence-electron chi connectivity index (χ2n) is 5.75. The number of nitrogens with two attached hydrogens (primary N) is 1. The summed E-state index contributed by atoms with van der Waals surface area (Å²) in [5.41, 5.74) is 5.96. The van der Waals surface area contributed by atoms with E-state index in [-0.39, 0.29) is 17.2 Å². The number of nitrogens with zero attached hydrogens (tertiary/aromatic N) is 1. The molecule has 0 spiro atoms. The lowest BCUT2D eigenvalue weighted by molar-refractivity contribution is -0.138. The first-order valence-electron chi connectivity index (χ1n) is 6.49. The van der Waals surface area contributed by atoms with Crippen LogP contribution in [0.3, 0.4) is 0 Å². The molecule has 1 aliphatic heterocycles. The molecule has 0 aliphatic carbocycles. The molecule has 0 saturated carbocycles. The summed E-state index contributed by atoms with van der Waals surface area (Å²) in [7, 11) is 0. The molecular formula is C13H26N2O. The Morgan fingerprint density at radius 1 is 1.50 bits per heavy atom. The molecular weight excluding hydrogens is 200 g/mol. The molecule has 1 fully saturated rings. The van der Waals surface area contributed by atoms with Gasteiger partial charge in [-0.1, -0.05) is 27.2 Å². The van der Waals surface area contributed by atoms with Gasteiger partial charge >= 0.3 is 0 Å². The van der Waals surface area contributed by atoms with E-state index >= 15 is 0 Å². The quantitative estimate of drug-likeness (QED) is 0.797. The largest absolute Gasteiger partial charge is 0.342 e. The molecule has 0 aromatic heterocycles. The summed E-state index contributed by atoms with van der Waals surface area (Å²) in [6.45, 7) is 8.89. The number of amides is 1. The smallest absolute Gasteiger partial charge is 0.226 e. The number of hydrogen-bond donors (Lipinski definition) is 1. The topological polar surface area (TPSA) is 46.3 Å². The highest BCUT2D eigenvalue weighted by molar-refractivity contribution is 5.79. The standard InChI is InChI=1S/C13H26N2O/c1-4-6-11(9-14)12(16)15-8-5-7-13(2,3)10-15/h11H,4-10,14H2,1-3H3. The summed E-state index contributed by atoms with van der Waals surface area (Å²) in [6, 6.07) is 0. The number of hydrogen-bond acceptors (Lipinski definition) is 2. The lowest BCUT2D eigenvalue weighted by Crippen LogP contribution is -2.47. The van der Waals surface area contributed by atoms with Gasteiger partial charge < -0.3 is 10.6 Å². The van der Waals surface area contributed by atoms with E-state index in [0.29, 0.717) is 6.54 Å². The van der Waals surface area contributed by atoms with Crippen molar-refractivity contribution in [3.63, 3.8) is 0 Å². The summed E-state index contributed by atoms with van der Waals surface area (Å²) in [6.07, 6.45) is 4.30. The fraction of sp³-hybridized carbons (Fsp3) is 0.923. The van der Waals surface area contributed by atoms with Gasteiger partial charge in [0.25, 0.3) is 0 Å². The third-order valence-electron chi connectivity index (χ3n) is 3.48. The maximum atomic E-state index is 12.3. The first-order valence-corrected chi connectivity index (χ1v) is 6.49. The summed E-state index contributed by atoms with van der Waals surface area (Å²) < 4.78 is 0. The van der Waals surface area contributed by atoms with Crippen molar-refractivity contribution in [2.45, 2.75) is 46.5 Å². The van der Waals surface area contributed by atoms with Gasteiger partial charge in [-0.05, 0) is 24.7 Å². The number of carbonyl (C=O) groups is 1. The minimum Gasteiger partial charge on any atom is -0.342 e. The van der Waals surface area contributed by atoms with Crippen LogP contribution in [0.1, 0.15) is 46.5 Å². The second kappa shape index (κ2) is 5.67. The Labute approximate surface area is 99.4 Å². The van der Waals surface area contributed by atoms with Crippen molar-refractivity contribution in [3.8, 4) is 0 Å². The van der Waals surface area contributed by atoms with E-state index in [1.54, 1.807) is 0 Å². The molecule has 1 heterocycles. The van der Waals surface area contributed by atoms with E-state index in [2.05, 4.69) is 20.8 Å². The highest BCUT2D eigenvalue weighted by Crippen LogP contribution is 2.29. The van der Waals surface area contributed by atoms with Gasteiger partial charge in [-0.3, -0.25) is 4.79 Å². The van der Waals surface area contributed by atoms with Crippen molar-refractivity contribution in [2.75, 3.05) is 19.6 Å². The summed E-state index contributed by atoms with van der Waals surface area (Å²) >= 11 is 0. The summed E-state index contributed by atoms with van der Waals surface area (Å²) in [4.78, 5) is 14.3. The van der Waals surface area contributed by atoms with E-state index in [0.717, 1.165) is 32.4 Å². The van der Waals surface area contributed by atoms with Gasteiger partial charge in [0, 0.05) is 19.6 Å². The second-order valence-corrected chi connectivity index (χ2v) is 5.75. The molecule has 94 valence electrons. The molecule has 1 rings (SSSR count). The average molecular weight is 226 g/mol. The van der Waals surface area contributed by atoms with Crippen LogP contribution >= 0.6 is 0 Å². The van der Waals surface area contributed by atoms with E-state index in [9.17, 15) is 4.79 Å². The zero-order valence-corrected chi connectivity index (χ0v) is 11.0. The first kappa shape index (κ1) is 13.5. The minimum absolute atomic E-state index is 0.0406. The van der Waals surface area contributed by atoms with Crippen LogP contribution < -0.4 is 5.73 Å². The number of rotatable bonds is 4. The maximum absolute atomic E-state index is 12.3. The molecule has 1 unspecified atom stereocenters. The lowest BCUT2D eigenvalue weighted by Gasteiger charge is -2.39.